The van der Waals surface area contributed by atoms with E-state index in [1.165, 1.54) is 24.8 Å². The third-order valence-electron chi connectivity index (χ3n) is 4.06. The fourth-order valence-electron chi connectivity index (χ4n) is 2.49. The molecule has 1 aromatic rings. The first-order chi connectivity index (χ1) is 8.70. The van der Waals surface area contributed by atoms with Crippen LogP contribution >= 0.6 is 24.0 Å². The van der Waals surface area contributed by atoms with Gasteiger partial charge in [-0.1, -0.05) is 30.3 Å². The van der Waals surface area contributed by atoms with Crippen molar-refractivity contribution in [1.29, 1.82) is 0 Å². The Labute approximate surface area is 132 Å². The molecule has 1 aromatic carbocycles. The van der Waals surface area contributed by atoms with Crippen molar-refractivity contribution in [2.75, 3.05) is 14.1 Å². The van der Waals surface area contributed by atoms with Crippen LogP contribution in [0.15, 0.2) is 35.3 Å². The van der Waals surface area contributed by atoms with Crippen LogP contribution in [0, 0.1) is 5.41 Å². The Hall–Kier alpha value is -0.780. The first-order valence-electron chi connectivity index (χ1n) is 6.72. The fourth-order valence-corrected chi connectivity index (χ4v) is 2.49. The van der Waals surface area contributed by atoms with Gasteiger partial charge in [0.15, 0.2) is 5.96 Å². The molecule has 0 radical (unpaired) electrons. The Bertz CT molecular complexity index is 452. The molecular weight excluding hydrogens is 349 g/mol. The van der Waals surface area contributed by atoms with Crippen molar-refractivity contribution in [1.82, 2.24) is 10.2 Å². The minimum atomic E-state index is 0. The van der Waals surface area contributed by atoms with Crippen molar-refractivity contribution in [2.24, 2.45) is 10.4 Å². The lowest BCUT2D eigenvalue weighted by Crippen LogP contribution is -2.38. The molecule has 1 N–H and O–H groups in total. The molecule has 1 unspecified atom stereocenters. The van der Waals surface area contributed by atoms with Crippen molar-refractivity contribution in [3.8, 4) is 0 Å². The van der Waals surface area contributed by atoms with Crippen LogP contribution in [-0.2, 0) is 6.54 Å². The topological polar surface area (TPSA) is 27.6 Å². The van der Waals surface area contributed by atoms with Crippen LogP contribution in [0.5, 0.6) is 0 Å². The number of hydrogen-bond acceptors (Lipinski definition) is 1. The molecule has 19 heavy (non-hydrogen) atoms. The number of rotatable bonds is 3. The second-order valence-corrected chi connectivity index (χ2v) is 5.78. The van der Waals surface area contributed by atoms with E-state index in [0.29, 0.717) is 11.5 Å². The molecule has 2 aliphatic rings. The smallest absolute Gasteiger partial charge is 0.193 e. The number of benzene rings is 1. The van der Waals surface area contributed by atoms with E-state index < -0.39 is 0 Å². The number of nitrogens with one attached hydrogen (secondary N) is 1. The first-order valence-corrected chi connectivity index (χ1v) is 6.72. The van der Waals surface area contributed by atoms with E-state index in [4.69, 9.17) is 4.99 Å². The maximum absolute atomic E-state index is 4.70. The summed E-state index contributed by atoms with van der Waals surface area (Å²) in [6, 6.07) is 11.1. The highest BCUT2D eigenvalue weighted by molar-refractivity contribution is 14.0. The Morgan fingerprint density at radius 2 is 2.00 bits per heavy atom. The highest BCUT2D eigenvalue weighted by Gasteiger charge is 2.63. The zero-order chi connectivity index (χ0) is 12.6. The van der Waals surface area contributed by atoms with E-state index >= 15 is 0 Å². The molecule has 0 saturated heterocycles. The molecule has 2 saturated carbocycles. The number of aliphatic imine (C=N–C) groups is 1. The van der Waals surface area contributed by atoms with Crippen molar-refractivity contribution < 1.29 is 0 Å². The Morgan fingerprint density at radius 1 is 1.32 bits per heavy atom. The quantitative estimate of drug-likeness (QED) is 0.503. The second-order valence-electron chi connectivity index (χ2n) is 5.78. The van der Waals surface area contributed by atoms with Gasteiger partial charge < -0.3 is 10.2 Å². The van der Waals surface area contributed by atoms with Gasteiger partial charge in [-0.05, 0) is 30.2 Å². The van der Waals surface area contributed by atoms with Gasteiger partial charge in [0.2, 0.25) is 0 Å². The zero-order valence-electron chi connectivity index (χ0n) is 11.6. The number of guanidine groups is 1. The summed E-state index contributed by atoms with van der Waals surface area (Å²) >= 11 is 0. The molecule has 0 heterocycles. The van der Waals surface area contributed by atoms with Gasteiger partial charge in [-0.2, -0.15) is 0 Å². The summed E-state index contributed by atoms with van der Waals surface area (Å²) in [7, 11) is 4.11. The van der Waals surface area contributed by atoms with Crippen LogP contribution in [0.3, 0.4) is 0 Å². The molecule has 2 fully saturated rings. The number of halogens is 1. The summed E-state index contributed by atoms with van der Waals surface area (Å²) in [5, 5.41) is 3.59. The molecule has 1 spiro atoms. The molecule has 104 valence electrons. The average Bonchev–Trinajstić information content (AvgIpc) is 3.27. The van der Waals surface area contributed by atoms with Gasteiger partial charge in [0.05, 0.1) is 6.54 Å². The van der Waals surface area contributed by atoms with Gasteiger partial charge in [-0.3, -0.25) is 0 Å². The van der Waals surface area contributed by atoms with E-state index in [1.54, 1.807) is 0 Å². The minimum absolute atomic E-state index is 0. The lowest BCUT2D eigenvalue weighted by Gasteiger charge is -2.17. The molecule has 3 rings (SSSR count). The lowest BCUT2D eigenvalue weighted by atomic mass is 10.2. The molecule has 0 bridgehead atoms. The molecule has 4 heteroatoms. The Morgan fingerprint density at radius 3 is 2.53 bits per heavy atom. The summed E-state index contributed by atoms with van der Waals surface area (Å²) in [6.07, 6.45) is 4.15. The maximum Gasteiger partial charge on any atom is 0.193 e. The Balaban J connectivity index is 0.00000133. The van der Waals surface area contributed by atoms with Gasteiger partial charge >= 0.3 is 0 Å². The van der Waals surface area contributed by atoms with E-state index in [-0.39, 0.29) is 24.0 Å². The van der Waals surface area contributed by atoms with Crippen molar-refractivity contribution >= 4 is 29.9 Å². The summed E-state index contributed by atoms with van der Waals surface area (Å²) in [4.78, 5) is 6.78. The van der Waals surface area contributed by atoms with Gasteiger partial charge in [-0.25, -0.2) is 4.99 Å². The minimum Gasteiger partial charge on any atom is -0.353 e. The Kier molecular flexibility index (Phi) is 4.38. The predicted octanol–water partition coefficient (Wildman–Crippen LogP) is 2.86. The van der Waals surface area contributed by atoms with Gasteiger partial charge in [0.25, 0.3) is 0 Å². The van der Waals surface area contributed by atoms with Crippen molar-refractivity contribution in [3.63, 3.8) is 0 Å². The van der Waals surface area contributed by atoms with E-state index in [1.807, 2.05) is 6.07 Å². The molecule has 0 aromatic heterocycles. The third-order valence-corrected chi connectivity index (χ3v) is 4.06. The summed E-state index contributed by atoms with van der Waals surface area (Å²) < 4.78 is 0. The molecule has 0 amide bonds. The van der Waals surface area contributed by atoms with Crippen LogP contribution in [0.1, 0.15) is 24.8 Å². The van der Waals surface area contributed by atoms with Crippen molar-refractivity contribution in [2.45, 2.75) is 31.8 Å². The van der Waals surface area contributed by atoms with Crippen LogP contribution in [0.2, 0.25) is 0 Å². The molecule has 0 aliphatic heterocycles. The largest absolute Gasteiger partial charge is 0.353 e. The second kappa shape index (κ2) is 5.69. The van der Waals surface area contributed by atoms with Crippen LogP contribution in [0.4, 0.5) is 0 Å². The summed E-state index contributed by atoms with van der Waals surface area (Å²) in [6.45, 7) is 0.751. The molecule has 1 atom stereocenters. The van der Waals surface area contributed by atoms with E-state index in [2.05, 4.69) is 48.6 Å². The van der Waals surface area contributed by atoms with Gasteiger partial charge in [-0.15, -0.1) is 24.0 Å². The highest BCUT2D eigenvalue weighted by Crippen LogP contribution is 2.65. The first kappa shape index (κ1) is 14.6. The van der Waals surface area contributed by atoms with E-state index in [0.717, 1.165) is 12.5 Å². The summed E-state index contributed by atoms with van der Waals surface area (Å²) in [5.41, 5.74) is 1.93. The SMILES string of the molecule is CN(C)C(=NCc1ccccc1)NC1CC12CC2.I. The average molecular weight is 371 g/mol. The predicted molar refractivity (Wildman–Crippen MR) is 89.9 cm³/mol. The van der Waals surface area contributed by atoms with Crippen LogP contribution in [0.25, 0.3) is 0 Å². The normalized spacial score (nSPS) is 22.6. The third kappa shape index (κ3) is 3.41. The van der Waals surface area contributed by atoms with Crippen LogP contribution in [-0.4, -0.2) is 31.0 Å². The van der Waals surface area contributed by atoms with Crippen molar-refractivity contribution in [3.05, 3.63) is 35.9 Å². The lowest BCUT2D eigenvalue weighted by molar-refractivity contribution is 0.569. The van der Waals surface area contributed by atoms with Gasteiger partial charge in [0.1, 0.15) is 0 Å². The number of hydrogen-bond donors (Lipinski definition) is 1. The van der Waals surface area contributed by atoms with Gasteiger partial charge in [0, 0.05) is 20.1 Å². The standard InChI is InChI=1S/C15H21N3.HI/c1-18(2)14(17-13-10-15(13)8-9-15)16-11-12-6-4-3-5-7-12;/h3-7,13H,8-11H2,1-2H3,(H,16,17);1H. The fraction of sp³-hybridized carbons (Fsp3) is 0.533. The molecule has 3 nitrogen and oxygen atoms in total. The summed E-state index contributed by atoms with van der Waals surface area (Å²) in [5.74, 6) is 1.02. The van der Waals surface area contributed by atoms with Crippen LogP contribution < -0.4 is 5.32 Å². The zero-order valence-corrected chi connectivity index (χ0v) is 13.9. The monoisotopic (exact) mass is 371 g/mol. The maximum atomic E-state index is 4.70. The molecular formula is C15H22IN3. The molecule has 2 aliphatic carbocycles. The van der Waals surface area contributed by atoms with E-state index in [9.17, 15) is 0 Å². The highest BCUT2D eigenvalue weighted by atomic mass is 127. The number of nitrogens with zero attached hydrogens (tertiary/aromatic N) is 2.